The Bertz CT molecular complexity index is 564. The monoisotopic (exact) mass is 412 g/mol. The number of aliphatic hydroxyl groups excluding tert-OH is 1. The Morgan fingerprint density at radius 1 is 1.36 bits per heavy atom. The summed E-state index contributed by atoms with van der Waals surface area (Å²) in [6, 6.07) is 0. The molecule has 1 N–H and O–H groups in total. The fourth-order valence-electron chi connectivity index (χ4n) is 5.85. The quantitative estimate of drug-likeness (QED) is 0.401. The SMILES string of the molecule is C[C@]12CC=C3C(CCC4=CC(=O)C[C@@H](CI)C43)C1CC[C@@H]2O. The zero-order chi connectivity index (χ0) is 15.5. The van der Waals surface area contributed by atoms with Crippen LogP contribution >= 0.6 is 22.6 Å². The van der Waals surface area contributed by atoms with Crippen LogP contribution in [0.5, 0.6) is 0 Å². The number of ketones is 1. The van der Waals surface area contributed by atoms with Crippen molar-refractivity contribution in [2.45, 2.75) is 51.6 Å². The third-order valence-electron chi connectivity index (χ3n) is 7.03. The van der Waals surface area contributed by atoms with Crippen LogP contribution < -0.4 is 0 Å². The third kappa shape index (κ3) is 2.10. The van der Waals surface area contributed by atoms with Crippen molar-refractivity contribution in [3.63, 3.8) is 0 Å². The summed E-state index contributed by atoms with van der Waals surface area (Å²) in [5, 5.41) is 10.5. The molecule has 0 spiro atoms. The Morgan fingerprint density at radius 3 is 2.95 bits per heavy atom. The first kappa shape index (κ1) is 15.4. The standard InChI is InChI=1S/C19H25IO2/c1-19-7-6-15-14(16(19)4-5-17(19)22)3-2-11-8-13(21)9-12(10-20)18(11)15/h6,8,12,14,16-18,22H,2-5,7,9-10H2,1H3/t12-,14?,16?,17-,18?,19-/m0/s1. The van der Waals surface area contributed by atoms with Gasteiger partial charge in [0.25, 0.3) is 0 Å². The van der Waals surface area contributed by atoms with Crippen molar-refractivity contribution in [2.75, 3.05) is 4.43 Å². The highest BCUT2D eigenvalue weighted by Crippen LogP contribution is 2.60. The summed E-state index contributed by atoms with van der Waals surface area (Å²) in [6.45, 7) is 2.30. The molecule has 6 atom stereocenters. The minimum absolute atomic E-state index is 0.0969. The molecule has 2 fully saturated rings. The van der Waals surface area contributed by atoms with Crippen LogP contribution in [-0.4, -0.2) is 21.4 Å². The van der Waals surface area contributed by atoms with Crippen molar-refractivity contribution in [2.24, 2.45) is 29.1 Å². The molecule has 2 saturated carbocycles. The summed E-state index contributed by atoms with van der Waals surface area (Å²) in [5.41, 5.74) is 3.13. The van der Waals surface area contributed by atoms with Gasteiger partial charge in [0, 0.05) is 22.2 Å². The maximum atomic E-state index is 12.0. The molecule has 0 saturated heterocycles. The number of fused-ring (bicyclic) bond motifs is 5. The fraction of sp³-hybridized carbons (Fsp3) is 0.737. The van der Waals surface area contributed by atoms with Gasteiger partial charge in [0.15, 0.2) is 5.78 Å². The second-order valence-corrected chi connectivity index (χ2v) is 8.92. The van der Waals surface area contributed by atoms with E-state index in [4.69, 9.17) is 0 Å². The number of alkyl halides is 1. The first-order valence-corrected chi connectivity index (χ1v) is 10.2. The van der Waals surface area contributed by atoms with E-state index in [0.29, 0.717) is 29.5 Å². The number of allylic oxidation sites excluding steroid dienone is 4. The number of aliphatic hydroxyl groups is 1. The summed E-state index contributed by atoms with van der Waals surface area (Å²) in [7, 11) is 0. The van der Waals surface area contributed by atoms with E-state index in [0.717, 1.165) is 30.1 Å². The average molecular weight is 412 g/mol. The molecule has 0 aliphatic heterocycles. The second kappa shape index (κ2) is 5.44. The number of hydrogen-bond donors (Lipinski definition) is 1. The van der Waals surface area contributed by atoms with Gasteiger partial charge in [0.05, 0.1) is 6.10 Å². The molecule has 4 aliphatic carbocycles. The molecule has 0 bridgehead atoms. The number of halogens is 1. The summed E-state index contributed by atoms with van der Waals surface area (Å²) in [4.78, 5) is 12.0. The van der Waals surface area contributed by atoms with Gasteiger partial charge in [-0.1, -0.05) is 46.7 Å². The lowest BCUT2D eigenvalue weighted by Crippen LogP contribution is -2.44. The molecule has 120 valence electrons. The van der Waals surface area contributed by atoms with Crippen molar-refractivity contribution < 1.29 is 9.90 Å². The van der Waals surface area contributed by atoms with E-state index >= 15 is 0 Å². The van der Waals surface area contributed by atoms with Crippen LogP contribution in [0.25, 0.3) is 0 Å². The van der Waals surface area contributed by atoms with Crippen molar-refractivity contribution >= 4 is 28.4 Å². The normalized spacial score (nSPS) is 47.2. The van der Waals surface area contributed by atoms with E-state index in [1.54, 1.807) is 5.57 Å². The largest absolute Gasteiger partial charge is 0.393 e. The van der Waals surface area contributed by atoms with Gasteiger partial charge in [-0.05, 0) is 55.9 Å². The molecule has 0 amide bonds. The van der Waals surface area contributed by atoms with E-state index in [2.05, 4.69) is 35.6 Å². The Morgan fingerprint density at radius 2 is 2.18 bits per heavy atom. The first-order valence-electron chi connectivity index (χ1n) is 8.72. The highest BCUT2D eigenvalue weighted by atomic mass is 127. The number of carbonyl (C=O) groups is 1. The van der Waals surface area contributed by atoms with Gasteiger partial charge in [0.2, 0.25) is 0 Å². The molecule has 0 aromatic heterocycles. The lowest BCUT2D eigenvalue weighted by molar-refractivity contribution is -0.116. The van der Waals surface area contributed by atoms with Crippen LogP contribution in [0, 0.1) is 29.1 Å². The van der Waals surface area contributed by atoms with Crippen LogP contribution in [0.1, 0.15) is 45.4 Å². The smallest absolute Gasteiger partial charge is 0.156 e. The number of hydrogen-bond acceptors (Lipinski definition) is 2. The van der Waals surface area contributed by atoms with Crippen molar-refractivity contribution in [1.29, 1.82) is 0 Å². The van der Waals surface area contributed by atoms with Crippen LogP contribution in [0.15, 0.2) is 23.3 Å². The van der Waals surface area contributed by atoms with E-state index in [9.17, 15) is 9.90 Å². The molecule has 22 heavy (non-hydrogen) atoms. The summed E-state index contributed by atoms with van der Waals surface area (Å²) in [5.74, 6) is 2.66. The van der Waals surface area contributed by atoms with E-state index in [1.165, 1.54) is 18.4 Å². The molecule has 0 aromatic rings. The number of carbonyl (C=O) groups excluding carboxylic acids is 1. The molecule has 4 rings (SSSR count). The molecule has 0 radical (unpaired) electrons. The van der Waals surface area contributed by atoms with Gasteiger partial charge < -0.3 is 5.11 Å². The first-order chi connectivity index (χ1) is 10.5. The maximum Gasteiger partial charge on any atom is 0.156 e. The molecular formula is C19H25IO2. The molecule has 0 heterocycles. The summed E-state index contributed by atoms with van der Waals surface area (Å²) < 4.78 is 1.07. The zero-order valence-electron chi connectivity index (χ0n) is 13.2. The topological polar surface area (TPSA) is 37.3 Å². The van der Waals surface area contributed by atoms with Crippen molar-refractivity contribution in [3.8, 4) is 0 Å². The van der Waals surface area contributed by atoms with Crippen molar-refractivity contribution in [3.05, 3.63) is 23.3 Å². The van der Waals surface area contributed by atoms with Crippen LogP contribution in [0.4, 0.5) is 0 Å². The maximum absolute atomic E-state index is 12.0. The van der Waals surface area contributed by atoms with Crippen LogP contribution in [0.2, 0.25) is 0 Å². The summed E-state index contributed by atoms with van der Waals surface area (Å²) in [6.07, 6.45) is 10.5. The van der Waals surface area contributed by atoms with Gasteiger partial charge in [-0.3, -0.25) is 4.79 Å². The Labute approximate surface area is 146 Å². The minimum Gasteiger partial charge on any atom is -0.393 e. The highest BCUT2D eigenvalue weighted by Gasteiger charge is 2.54. The Hall–Kier alpha value is -0.160. The predicted molar refractivity (Wildman–Crippen MR) is 95.8 cm³/mol. The van der Waals surface area contributed by atoms with Crippen LogP contribution in [0.3, 0.4) is 0 Å². The van der Waals surface area contributed by atoms with Gasteiger partial charge in [-0.2, -0.15) is 0 Å². The van der Waals surface area contributed by atoms with Gasteiger partial charge in [-0.15, -0.1) is 0 Å². The lowest BCUT2D eigenvalue weighted by atomic mass is 9.55. The summed E-state index contributed by atoms with van der Waals surface area (Å²) >= 11 is 2.46. The molecule has 3 heteroatoms. The van der Waals surface area contributed by atoms with Gasteiger partial charge in [-0.25, -0.2) is 0 Å². The Kier molecular flexibility index (Phi) is 3.80. The molecular weight excluding hydrogens is 387 g/mol. The van der Waals surface area contributed by atoms with E-state index in [-0.39, 0.29) is 11.5 Å². The third-order valence-corrected chi connectivity index (χ3v) is 8.16. The van der Waals surface area contributed by atoms with Gasteiger partial charge in [0.1, 0.15) is 0 Å². The van der Waals surface area contributed by atoms with Gasteiger partial charge >= 0.3 is 0 Å². The minimum atomic E-state index is -0.124. The lowest BCUT2D eigenvalue weighted by Gasteiger charge is -2.50. The molecule has 3 unspecified atom stereocenters. The predicted octanol–water partition coefficient (Wildman–Crippen LogP) is 4.07. The average Bonchev–Trinajstić information content (AvgIpc) is 2.81. The van der Waals surface area contributed by atoms with E-state index < -0.39 is 0 Å². The molecule has 4 aliphatic rings. The van der Waals surface area contributed by atoms with E-state index in [1.807, 2.05) is 6.08 Å². The highest BCUT2D eigenvalue weighted by molar-refractivity contribution is 14.1. The molecule has 2 nitrogen and oxygen atoms in total. The number of rotatable bonds is 1. The Balaban J connectivity index is 1.73. The zero-order valence-corrected chi connectivity index (χ0v) is 15.4. The van der Waals surface area contributed by atoms with Crippen LogP contribution in [-0.2, 0) is 4.79 Å². The molecule has 0 aromatic carbocycles. The van der Waals surface area contributed by atoms with Crippen molar-refractivity contribution in [1.82, 2.24) is 0 Å². The second-order valence-electron chi connectivity index (χ2n) is 8.04. The fourth-order valence-corrected chi connectivity index (χ4v) is 6.67.